The number of aromatic nitrogens is 5. The summed E-state index contributed by atoms with van der Waals surface area (Å²) in [6.07, 6.45) is -1.05. The van der Waals surface area contributed by atoms with Crippen LogP contribution in [0.15, 0.2) is 18.2 Å². The number of hydrogen-bond donors (Lipinski definition) is 1. The van der Waals surface area contributed by atoms with E-state index in [1.807, 2.05) is 14.7 Å². The first kappa shape index (κ1) is 39.8. The topological polar surface area (TPSA) is 214 Å². The van der Waals surface area contributed by atoms with E-state index in [-0.39, 0.29) is 49.3 Å². The summed E-state index contributed by atoms with van der Waals surface area (Å²) < 4.78 is 120. The number of piperazine rings is 2. The lowest BCUT2D eigenvalue weighted by molar-refractivity contribution is 0.122. The zero-order valence-corrected chi connectivity index (χ0v) is 31.3. The summed E-state index contributed by atoms with van der Waals surface area (Å²) in [5.41, 5.74) is 0.592. The lowest BCUT2D eigenvalue weighted by atomic mass is 10.3. The van der Waals surface area contributed by atoms with Gasteiger partial charge in [-0.3, -0.25) is 14.0 Å². The van der Waals surface area contributed by atoms with E-state index in [0.29, 0.717) is 82.5 Å². The maximum absolute atomic E-state index is 14.4. The number of alkyl halides is 2. The van der Waals surface area contributed by atoms with Gasteiger partial charge in [-0.1, -0.05) is 6.07 Å². The van der Waals surface area contributed by atoms with Crippen LogP contribution < -0.4 is 14.5 Å². The minimum Gasteiger partial charge on any atom is -0.494 e. The number of morpholine rings is 1. The average Bonchev–Trinajstić information content (AvgIpc) is 3.51. The normalized spacial score (nSPS) is 18.8. The van der Waals surface area contributed by atoms with E-state index in [0.717, 1.165) is 0 Å². The van der Waals surface area contributed by atoms with Gasteiger partial charge in [0, 0.05) is 72.0 Å². The molecule has 0 aliphatic carbocycles. The lowest BCUT2D eigenvalue weighted by Crippen LogP contribution is -2.52. The number of halogens is 2. The highest BCUT2D eigenvalue weighted by Gasteiger charge is 2.32. The lowest BCUT2D eigenvalue weighted by Gasteiger charge is -2.36. The van der Waals surface area contributed by atoms with Crippen molar-refractivity contribution in [2.75, 3.05) is 120 Å². The van der Waals surface area contributed by atoms with Crippen LogP contribution in [0, 0.1) is 0 Å². The molecule has 2 aromatic heterocycles. The number of fused-ring (bicyclic) bond motifs is 1. The fraction of sp³-hybridized carbons (Fsp3) is 0.643. The Morgan fingerprint density at radius 1 is 0.788 bits per heavy atom. The predicted octanol–water partition coefficient (Wildman–Crippen LogP) is -0.474. The van der Waals surface area contributed by atoms with Crippen LogP contribution in [-0.2, 0) is 34.9 Å². The molecule has 24 heteroatoms. The number of para-hydroxylation sites is 1. The van der Waals surface area contributed by atoms with Crippen LogP contribution in [0.25, 0.3) is 17.0 Å². The van der Waals surface area contributed by atoms with E-state index in [2.05, 4.69) is 15.0 Å². The zero-order valence-electron chi connectivity index (χ0n) is 28.9. The van der Waals surface area contributed by atoms with Crippen molar-refractivity contribution in [3.05, 3.63) is 24.0 Å². The van der Waals surface area contributed by atoms with Gasteiger partial charge in [-0.25, -0.2) is 30.6 Å². The highest BCUT2D eigenvalue weighted by Crippen LogP contribution is 2.32. The third-order valence-electron chi connectivity index (χ3n) is 8.56. The summed E-state index contributed by atoms with van der Waals surface area (Å²) in [6.45, 7) is 4.73. The van der Waals surface area contributed by atoms with E-state index in [1.54, 1.807) is 18.2 Å². The maximum Gasteiger partial charge on any atom is 0.296 e. The Kier molecular flexibility index (Phi) is 12.5. The molecular formula is C28H42F2N10O9S3. The summed E-state index contributed by atoms with van der Waals surface area (Å²) in [6, 6.07) is 4.96. The van der Waals surface area contributed by atoms with Crippen LogP contribution in [-0.4, -0.2) is 178 Å². The SMILES string of the molecule is COc1cccc2c1nc(C(F)F)n2-c1nc(N2CCOCC2)nc(N2CCN(S(=O)(=O)CCN3CCN(S(C)(=O)=O)CC3)CC2)n1.CS(=O)(=O)O. The quantitative estimate of drug-likeness (QED) is 0.257. The van der Waals surface area contributed by atoms with Gasteiger partial charge in [0.2, 0.25) is 37.9 Å². The molecule has 3 aliphatic rings. The molecule has 6 rings (SSSR count). The third-order valence-corrected chi connectivity index (χ3v) is 11.7. The number of nitrogens with zero attached hydrogens (tertiary/aromatic N) is 10. The number of rotatable bonds is 10. The van der Waals surface area contributed by atoms with Crippen molar-refractivity contribution in [2.24, 2.45) is 0 Å². The molecule has 3 fully saturated rings. The smallest absolute Gasteiger partial charge is 0.296 e. The largest absolute Gasteiger partial charge is 0.494 e. The minimum absolute atomic E-state index is 0.0337. The first-order chi connectivity index (χ1) is 24.4. The van der Waals surface area contributed by atoms with Crippen molar-refractivity contribution in [1.82, 2.24) is 38.0 Å². The Morgan fingerprint density at radius 2 is 1.33 bits per heavy atom. The van der Waals surface area contributed by atoms with Crippen molar-refractivity contribution < 1.29 is 48.1 Å². The molecular weight excluding hydrogens is 755 g/mol. The molecule has 0 atom stereocenters. The van der Waals surface area contributed by atoms with Gasteiger partial charge in [-0.15, -0.1) is 0 Å². The van der Waals surface area contributed by atoms with Gasteiger partial charge in [0.05, 0.1) is 44.1 Å². The number of hydrogen-bond acceptors (Lipinski definition) is 15. The van der Waals surface area contributed by atoms with Crippen LogP contribution in [0.4, 0.5) is 20.7 Å². The number of imidazole rings is 1. The molecule has 52 heavy (non-hydrogen) atoms. The van der Waals surface area contributed by atoms with Crippen LogP contribution in [0.5, 0.6) is 5.75 Å². The number of anilines is 2. The summed E-state index contributed by atoms with van der Waals surface area (Å²) in [7, 11) is -9.09. The monoisotopic (exact) mass is 796 g/mol. The molecule has 290 valence electrons. The molecule has 1 aromatic carbocycles. The maximum atomic E-state index is 14.4. The number of ether oxygens (including phenoxy) is 2. The highest BCUT2D eigenvalue weighted by atomic mass is 32.2. The molecule has 3 aliphatic heterocycles. The fourth-order valence-electron chi connectivity index (χ4n) is 5.93. The second-order valence-corrected chi connectivity index (χ2v) is 17.7. The fourth-order valence-corrected chi connectivity index (χ4v) is 8.22. The minimum atomic E-state index is -3.67. The number of sulfonamides is 2. The molecule has 1 N–H and O–H groups in total. The van der Waals surface area contributed by atoms with Crippen LogP contribution >= 0.6 is 0 Å². The molecule has 0 saturated carbocycles. The van der Waals surface area contributed by atoms with Gasteiger partial charge >= 0.3 is 0 Å². The van der Waals surface area contributed by atoms with Crippen molar-refractivity contribution in [3.63, 3.8) is 0 Å². The van der Waals surface area contributed by atoms with Crippen LogP contribution in [0.1, 0.15) is 12.2 Å². The second kappa shape index (κ2) is 16.3. The number of methoxy groups -OCH3 is 1. The molecule has 0 unspecified atom stereocenters. The second-order valence-electron chi connectivity index (χ2n) is 12.2. The van der Waals surface area contributed by atoms with Crippen LogP contribution in [0.3, 0.4) is 0 Å². The summed E-state index contributed by atoms with van der Waals surface area (Å²) >= 11 is 0. The van der Waals surface area contributed by atoms with Gasteiger partial charge < -0.3 is 19.3 Å². The predicted molar refractivity (Wildman–Crippen MR) is 187 cm³/mol. The zero-order chi connectivity index (χ0) is 37.8. The molecule has 3 saturated heterocycles. The summed E-state index contributed by atoms with van der Waals surface area (Å²) in [4.78, 5) is 23.8. The van der Waals surface area contributed by atoms with Gasteiger partial charge in [0.15, 0.2) is 5.82 Å². The van der Waals surface area contributed by atoms with Crippen LogP contribution in [0.2, 0.25) is 0 Å². The van der Waals surface area contributed by atoms with E-state index >= 15 is 0 Å². The van der Waals surface area contributed by atoms with Crippen molar-refractivity contribution in [2.45, 2.75) is 6.43 Å². The van der Waals surface area contributed by atoms with E-state index < -0.39 is 42.4 Å². The summed E-state index contributed by atoms with van der Waals surface area (Å²) in [5.74, 6) is 0.207. The summed E-state index contributed by atoms with van der Waals surface area (Å²) in [5, 5.41) is 0. The molecule has 0 bridgehead atoms. The highest BCUT2D eigenvalue weighted by molar-refractivity contribution is 7.89. The first-order valence-electron chi connectivity index (χ1n) is 16.2. The Labute approximate surface area is 301 Å². The van der Waals surface area contributed by atoms with E-state index in [9.17, 15) is 34.0 Å². The Hall–Kier alpha value is -3.39. The third kappa shape index (κ3) is 9.97. The number of benzene rings is 1. The average molecular weight is 797 g/mol. The van der Waals surface area contributed by atoms with Crippen molar-refractivity contribution in [3.8, 4) is 11.7 Å². The van der Waals surface area contributed by atoms with E-state index in [4.69, 9.17) is 19.0 Å². The van der Waals surface area contributed by atoms with Gasteiger partial charge in [0.25, 0.3) is 16.5 Å². The van der Waals surface area contributed by atoms with Gasteiger partial charge in [0.1, 0.15) is 11.3 Å². The molecule has 3 aromatic rings. The molecule has 0 radical (unpaired) electrons. The Bertz CT molecular complexity index is 2030. The molecule has 0 spiro atoms. The molecule has 0 amide bonds. The van der Waals surface area contributed by atoms with E-state index in [1.165, 1.54) is 26.5 Å². The van der Waals surface area contributed by atoms with Gasteiger partial charge in [-0.05, 0) is 12.1 Å². The first-order valence-corrected chi connectivity index (χ1v) is 21.5. The standard InChI is InChI=1S/C27H38F2N10O6S2.CH4O3S/c1-44-21-5-3-4-20-22(21)30-24(23(28)29)39(20)27-32-25(31-26(33-27)36-14-17-45-18-15-36)35-8-12-38(13-9-35)47(42,43)19-16-34-6-10-37(11-7-34)46(2,40)41;1-5(2,3)4/h3-5,23H,6-19H2,1-2H3;1H3,(H,2,3,4). The van der Waals surface area contributed by atoms with Gasteiger partial charge in [-0.2, -0.15) is 32.0 Å². The molecule has 19 nitrogen and oxygen atoms in total. The van der Waals surface area contributed by atoms with Crippen molar-refractivity contribution >= 4 is 53.1 Å². The van der Waals surface area contributed by atoms with Crippen molar-refractivity contribution in [1.29, 1.82) is 0 Å². The Balaban J connectivity index is 0.000000979. The molecule has 5 heterocycles. The Morgan fingerprint density at radius 3 is 1.87 bits per heavy atom.